The maximum atomic E-state index is 5.36. The van der Waals surface area contributed by atoms with Crippen molar-refractivity contribution in [3.8, 4) is 0 Å². The zero-order chi connectivity index (χ0) is 7.66. The van der Waals surface area contributed by atoms with Gasteiger partial charge in [-0.15, -0.1) is 0 Å². The fourth-order valence-corrected chi connectivity index (χ4v) is 1.72. The minimum atomic E-state index is 0.848. The molecule has 0 unspecified atom stereocenters. The van der Waals surface area contributed by atoms with E-state index in [9.17, 15) is 0 Å². The van der Waals surface area contributed by atoms with Gasteiger partial charge in [0.15, 0.2) is 0 Å². The Labute approximate surface area is 68.8 Å². The van der Waals surface area contributed by atoms with Crippen LogP contribution in [0.1, 0.15) is 32.6 Å². The van der Waals surface area contributed by atoms with Crippen LogP contribution in [0, 0.1) is 0 Å². The topological polar surface area (TPSA) is 26.0 Å². The Kier molecular flexibility index (Phi) is 9.60. The third-order valence-electron chi connectivity index (χ3n) is 1.39. The molecule has 0 aromatic heterocycles. The lowest BCUT2D eigenvalue weighted by Gasteiger charge is -1.98. The fourth-order valence-electron chi connectivity index (χ4n) is 0.742. The number of nitrogens with two attached hydrogens (primary N) is 1. The highest BCUT2D eigenvalue weighted by molar-refractivity contribution is 7.99. The molecule has 0 heterocycles. The Hall–Kier alpha value is 0.310. The summed E-state index contributed by atoms with van der Waals surface area (Å²) in [4.78, 5) is 0. The maximum absolute atomic E-state index is 5.36. The van der Waals surface area contributed by atoms with Crippen LogP contribution in [0.2, 0.25) is 0 Å². The van der Waals surface area contributed by atoms with E-state index in [1.54, 1.807) is 0 Å². The molecular formula is C8H19NS. The first kappa shape index (κ1) is 10.3. The molecule has 0 atom stereocenters. The van der Waals surface area contributed by atoms with E-state index in [4.69, 9.17) is 5.73 Å². The molecule has 2 N–H and O–H groups in total. The first-order valence-corrected chi connectivity index (χ1v) is 5.35. The molecule has 0 aromatic rings. The van der Waals surface area contributed by atoms with Crippen LogP contribution in [0.15, 0.2) is 0 Å². The first-order chi connectivity index (χ1) is 4.91. The van der Waals surface area contributed by atoms with Crippen molar-refractivity contribution in [3.63, 3.8) is 0 Å². The second-order valence-corrected chi connectivity index (χ2v) is 3.69. The Morgan fingerprint density at radius 1 is 1.10 bits per heavy atom. The quantitative estimate of drug-likeness (QED) is 0.580. The van der Waals surface area contributed by atoms with E-state index in [-0.39, 0.29) is 0 Å². The van der Waals surface area contributed by atoms with Crippen LogP contribution in [-0.4, -0.2) is 18.1 Å². The lowest BCUT2D eigenvalue weighted by molar-refractivity contribution is 0.778. The summed E-state index contributed by atoms with van der Waals surface area (Å²) in [5.41, 5.74) is 5.36. The third-order valence-corrected chi connectivity index (χ3v) is 2.54. The van der Waals surface area contributed by atoms with E-state index < -0.39 is 0 Å². The average Bonchev–Trinajstić information content (AvgIpc) is 1.97. The standard InChI is InChI=1S/C8H19NS/c1-2-3-4-7-10-8-5-6-9/h2-9H2,1H3. The van der Waals surface area contributed by atoms with Crippen molar-refractivity contribution in [2.45, 2.75) is 32.6 Å². The Balaban J connectivity index is 2.65. The van der Waals surface area contributed by atoms with Crippen molar-refractivity contribution in [1.82, 2.24) is 0 Å². The largest absolute Gasteiger partial charge is 0.330 e. The normalized spacial score (nSPS) is 10.2. The van der Waals surface area contributed by atoms with Gasteiger partial charge < -0.3 is 5.73 Å². The predicted molar refractivity (Wildman–Crippen MR) is 50.5 cm³/mol. The van der Waals surface area contributed by atoms with Crippen molar-refractivity contribution in [2.24, 2.45) is 5.73 Å². The predicted octanol–water partition coefficient (Wildman–Crippen LogP) is 2.26. The minimum absolute atomic E-state index is 0.848. The Morgan fingerprint density at radius 3 is 2.40 bits per heavy atom. The highest BCUT2D eigenvalue weighted by Gasteiger charge is 1.87. The van der Waals surface area contributed by atoms with Crippen LogP contribution >= 0.6 is 11.8 Å². The van der Waals surface area contributed by atoms with Gasteiger partial charge in [0.25, 0.3) is 0 Å². The zero-order valence-electron chi connectivity index (χ0n) is 6.94. The van der Waals surface area contributed by atoms with E-state index in [2.05, 4.69) is 6.92 Å². The molecule has 0 saturated heterocycles. The molecule has 0 spiro atoms. The molecule has 0 saturated carbocycles. The lowest BCUT2D eigenvalue weighted by atomic mass is 10.3. The number of thioether (sulfide) groups is 1. The van der Waals surface area contributed by atoms with Crippen LogP contribution in [-0.2, 0) is 0 Å². The van der Waals surface area contributed by atoms with Crippen LogP contribution < -0.4 is 5.73 Å². The summed E-state index contributed by atoms with van der Waals surface area (Å²) in [6, 6.07) is 0. The van der Waals surface area contributed by atoms with E-state index in [1.165, 1.54) is 37.2 Å². The average molecular weight is 161 g/mol. The van der Waals surface area contributed by atoms with Crippen LogP contribution in [0.3, 0.4) is 0 Å². The van der Waals surface area contributed by atoms with Gasteiger partial charge in [0, 0.05) is 0 Å². The molecule has 0 aromatic carbocycles. The number of hydrogen-bond donors (Lipinski definition) is 1. The van der Waals surface area contributed by atoms with Crippen molar-refractivity contribution >= 4 is 11.8 Å². The molecule has 0 bridgehead atoms. The van der Waals surface area contributed by atoms with Crippen LogP contribution in [0.25, 0.3) is 0 Å². The Bertz CT molecular complexity index is 49.2. The molecule has 0 fully saturated rings. The van der Waals surface area contributed by atoms with Crippen molar-refractivity contribution < 1.29 is 0 Å². The second-order valence-electron chi connectivity index (χ2n) is 2.46. The van der Waals surface area contributed by atoms with Crippen molar-refractivity contribution in [3.05, 3.63) is 0 Å². The molecule has 0 rings (SSSR count). The molecule has 10 heavy (non-hydrogen) atoms. The molecule has 62 valence electrons. The molecule has 1 nitrogen and oxygen atoms in total. The zero-order valence-corrected chi connectivity index (χ0v) is 7.75. The van der Waals surface area contributed by atoms with Gasteiger partial charge in [-0.1, -0.05) is 19.8 Å². The number of unbranched alkanes of at least 4 members (excludes halogenated alkanes) is 2. The van der Waals surface area contributed by atoms with Gasteiger partial charge in [-0.05, 0) is 30.9 Å². The van der Waals surface area contributed by atoms with Gasteiger partial charge in [0.1, 0.15) is 0 Å². The summed E-state index contributed by atoms with van der Waals surface area (Å²) in [6.45, 7) is 3.09. The Morgan fingerprint density at radius 2 is 1.80 bits per heavy atom. The van der Waals surface area contributed by atoms with Crippen LogP contribution in [0.5, 0.6) is 0 Å². The monoisotopic (exact) mass is 161 g/mol. The molecule has 0 aliphatic carbocycles. The van der Waals surface area contributed by atoms with E-state index in [0.29, 0.717) is 0 Å². The maximum Gasteiger partial charge on any atom is -0.00555 e. The summed E-state index contributed by atoms with van der Waals surface area (Å²) >= 11 is 2.04. The first-order valence-electron chi connectivity index (χ1n) is 4.19. The number of hydrogen-bond acceptors (Lipinski definition) is 2. The summed E-state index contributed by atoms with van der Waals surface area (Å²) in [6.07, 6.45) is 5.27. The minimum Gasteiger partial charge on any atom is -0.330 e. The third kappa shape index (κ3) is 8.31. The van der Waals surface area contributed by atoms with Gasteiger partial charge in [-0.25, -0.2) is 0 Å². The molecule has 0 radical (unpaired) electrons. The van der Waals surface area contributed by atoms with Gasteiger partial charge in [-0.3, -0.25) is 0 Å². The lowest BCUT2D eigenvalue weighted by Crippen LogP contribution is -1.99. The molecule has 0 amide bonds. The van der Waals surface area contributed by atoms with E-state index in [0.717, 1.165) is 6.54 Å². The second kappa shape index (κ2) is 9.31. The SMILES string of the molecule is CCCCCSCCCN. The number of rotatable bonds is 7. The van der Waals surface area contributed by atoms with Gasteiger partial charge in [0.2, 0.25) is 0 Å². The highest BCUT2D eigenvalue weighted by atomic mass is 32.2. The summed E-state index contributed by atoms with van der Waals surface area (Å²) < 4.78 is 0. The molecule has 0 aliphatic heterocycles. The molecule has 2 heteroatoms. The van der Waals surface area contributed by atoms with Crippen molar-refractivity contribution in [1.29, 1.82) is 0 Å². The fraction of sp³-hybridized carbons (Fsp3) is 1.00. The smallest absolute Gasteiger partial charge is 0.00555 e. The van der Waals surface area contributed by atoms with Gasteiger partial charge in [0.05, 0.1) is 0 Å². The molecule has 0 aliphatic rings. The summed E-state index contributed by atoms with van der Waals surface area (Å²) in [5.74, 6) is 2.58. The van der Waals surface area contributed by atoms with E-state index in [1.807, 2.05) is 11.8 Å². The highest BCUT2D eigenvalue weighted by Crippen LogP contribution is 2.06. The molecular weight excluding hydrogens is 142 g/mol. The van der Waals surface area contributed by atoms with Crippen molar-refractivity contribution in [2.75, 3.05) is 18.1 Å². The summed E-state index contributed by atoms with van der Waals surface area (Å²) in [5, 5.41) is 0. The van der Waals surface area contributed by atoms with Gasteiger partial charge >= 0.3 is 0 Å². The van der Waals surface area contributed by atoms with Crippen LogP contribution in [0.4, 0.5) is 0 Å². The van der Waals surface area contributed by atoms with E-state index >= 15 is 0 Å². The summed E-state index contributed by atoms with van der Waals surface area (Å²) in [7, 11) is 0. The van der Waals surface area contributed by atoms with Gasteiger partial charge in [-0.2, -0.15) is 11.8 Å².